The molecule has 0 spiro atoms. The van der Waals surface area contributed by atoms with E-state index in [1.54, 1.807) is 23.8 Å². The van der Waals surface area contributed by atoms with Gasteiger partial charge in [0.1, 0.15) is 31.4 Å². The summed E-state index contributed by atoms with van der Waals surface area (Å²) < 4.78 is 63.5. The zero-order valence-corrected chi connectivity index (χ0v) is 68.8. The largest absolute Gasteiger partial charge is 0.481 e. The molecule has 1 heterocycles. The van der Waals surface area contributed by atoms with Gasteiger partial charge in [-0.25, -0.2) is 9.59 Å². The number of amides is 6. The lowest BCUT2D eigenvalue weighted by atomic mass is 9.89. The van der Waals surface area contributed by atoms with Crippen LogP contribution in [0.5, 0.6) is 0 Å². The lowest BCUT2D eigenvalue weighted by Gasteiger charge is -2.41. The Morgan fingerprint density at radius 3 is 1.63 bits per heavy atom. The Morgan fingerprint density at radius 2 is 1.15 bits per heavy atom. The van der Waals surface area contributed by atoms with E-state index < -0.39 is 127 Å². The molecule has 1 fully saturated rings. The lowest BCUT2D eigenvalue weighted by Crippen LogP contribution is -2.59. The molecule has 17 atom stereocenters. The normalized spacial score (nSPS) is 17.2. The van der Waals surface area contributed by atoms with Crippen LogP contribution < -0.4 is 21.3 Å². The monoisotopic (exact) mass is 1580 g/mol. The number of nitrogens with zero attached hydrogens (tertiary/aromatic N) is 3. The SMILES string of the molecule is CCC(CO)OC(CO)OC.CCC(CO)OC(COC(=O)CCCC(=O)O)OC.CCC(CO)OC(COC(=O)NCCC(=O)O[C@@H](C)C(=O)O[C@@H](C)CNC(=O)[C@H](Cc1ccccc1)NC(=O)[C@H](C)[C@@H](OC)[C@@H]1CCCN1C(=O)C[C@@H](OC)[C@H]([C@@H](C)CC)N(C)C(=O)[C@@H](NC(=O)[C@H](C(C)C)N(C)C)C(C)C)OC. The molecule has 1 aromatic rings. The number of aliphatic hydroxyl groups excluding tert-OH is 4. The van der Waals surface area contributed by atoms with Crippen molar-refractivity contribution in [2.45, 2.75) is 252 Å². The number of likely N-dealkylation sites (N-methyl/N-ethyl adjacent to an activating group) is 2. The Kier molecular flexibility index (Phi) is 54.5. The van der Waals surface area contributed by atoms with Crippen molar-refractivity contribution in [2.24, 2.45) is 23.7 Å². The maximum atomic E-state index is 14.5. The number of esters is 3. The van der Waals surface area contributed by atoms with Crippen LogP contribution in [-0.4, -0.2) is 308 Å². The molecule has 6 amide bonds. The first kappa shape index (κ1) is 103. The molecule has 1 saturated heterocycles. The second-order valence-electron chi connectivity index (χ2n) is 27.8. The molecular weight excluding hydrogens is 1440 g/mol. The molecule has 0 radical (unpaired) electrons. The molecule has 636 valence electrons. The Bertz CT molecular complexity index is 2740. The number of likely N-dealkylation sites (tertiary alicyclic amines) is 1. The van der Waals surface area contributed by atoms with Crippen molar-refractivity contribution in [3.05, 3.63) is 35.9 Å². The van der Waals surface area contributed by atoms with Crippen LogP contribution in [0.2, 0.25) is 0 Å². The van der Waals surface area contributed by atoms with Gasteiger partial charge in [-0.2, -0.15) is 0 Å². The molecule has 0 aliphatic carbocycles. The Labute approximate surface area is 650 Å². The van der Waals surface area contributed by atoms with Crippen molar-refractivity contribution < 1.29 is 130 Å². The number of rotatable bonds is 53. The van der Waals surface area contributed by atoms with Crippen molar-refractivity contribution in [1.82, 2.24) is 36.0 Å². The molecule has 2 rings (SSSR count). The molecule has 9 N–H and O–H groups in total. The van der Waals surface area contributed by atoms with Crippen molar-refractivity contribution >= 4 is 59.5 Å². The van der Waals surface area contributed by atoms with Gasteiger partial charge in [0.2, 0.25) is 29.5 Å². The molecule has 0 bridgehead atoms. The van der Waals surface area contributed by atoms with E-state index in [1.165, 1.54) is 49.4 Å². The number of hydrogen-bond acceptors (Lipinski definition) is 27. The molecule has 1 aromatic carbocycles. The average Bonchev–Trinajstić information content (AvgIpc) is 1.38. The summed E-state index contributed by atoms with van der Waals surface area (Å²) in [4.78, 5) is 135. The number of carboxylic acids is 1. The maximum absolute atomic E-state index is 14.5. The average molecular weight is 1580 g/mol. The van der Waals surface area contributed by atoms with Crippen LogP contribution in [-0.2, 0) is 106 Å². The van der Waals surface area contributed by atoms with Gasteiger partial charge in [0, 0.05) is 74.9 Å². The third kappa shape index (κ3) is 39.6. The number of aliphatic hydroxyl groups is 4. The van der Waals surface area contributed by atoms with E-state index >= 15 is 0 Å². The minimum Gasteiger partial charge on any atom is -0.481 e. The first-order valence-electron chi connectivity index (χ1n) is 38.0. The standard InChI is InChI=1S/C57H97N7O16.C12H22O7.C7H16O4/c1-17-36(7)50(63(13)55(71)48(34(3)4)61-54(70)49(35(5)6)62(11)12)44(74-14)30-45(66)64-28-22-25-43(64)51(76-16)38(9)52(68)60-42(29-40-23-20-19-21-24-40)53(69)59-31-37(8)78-56(72)39(10)79-46(67)26-27-58-57(73)77-33-47(75-15)80-41(18-2)32-65;1-3-9(7-13)19-12(17-2)8-18-11(16)6-4-5-10(14)15;1-3-6(4-8)11-7(5-9)10-2/h19-21,23-24,34-39,41-44,47-51,65H,17-18,22,25-33H2,1-16H3,(H,58,73)(H,59,69)(H,60,68)(H,61,70);9,12-13H,3-8H2,1-2H3,(H,14,15);6-9H,3-5H2,1-2H3/t36-,37-,38+,39-,41?,42-,43-,44+,47?,48-,49-,50-,51+;;/m0../s1. The van der Waals surface area contributed by atoms with Gasteiger partial charge >= 0.3 is 30.0 Å². The predicted molar refractivity (Wildman–Crippen MR) is 404 cm³/mol. The number of alkyl carbamates (subject to hydrolysis) is 1. The number of methoxy groups -OCH3 is 5. The summed E-state index contributed by atoms with van der Waals surface area (Å²) in [6, 6.07) is 5.70. The van der Waals surface area contributed by atoms with Gasteiger partial charge < -0.3 is 113 Å². The highest BCUT2D eigenvalue weighted by Gasteiger charge is 2.44. The van der Waals surface area contributed by atoms with Crippen molar-refractivity contribution in [2.75, 3.05) is 116 Å². The van der Waals surface area contributed by atoms with Gasteiger partial charge in [0.05, 0.1) is 100 Å². The highest BCUT2D eigenvalue weighted by atomic mass is 16.7. The lowest BCUT2D eigenvalue weighted by molar-refractivity contribution is -0.194. The van der Waals surface area contributed by atoms with Crippen molar-refractivity contribution in [3.63, 3.8) is 0 Å². The van der Waals surface area contributed by atoms with Crippen LogP contribution in [0.4, 0.5) is 4.79 Å². The number of carboxylic acid groups (broad SMARTS) is 1. The van der Waals surface area contributed by atoms with Gasteiger partial charge in [-0.15, -0.1) is 0 Å². The number of ether oxygens (including phenoxy) is 12. The van der Waals surface area contributed by atoms with E-state index in [1.807, 2.05) is 112 Å². The molecule has 1 aliphatic heterocycles. The fourth-order valence-corrected chi connectivity index (χ4v) is 11.8. The summed E-state index contributed by atoms with van der Waals surface area (Å²) in [6.45, 7) is 20.9. The summed E-state index contributed by atoms with van der Waals surface area (Å²) >= 11 is 0. The quantitative estimate of drug-likeness (QED) is 0.0256. The summed E-state index contributed by atoms with van der Waals surface area (Å²) in [7, 11) is 12.6. The maximum Gasteiger partial charge on any atom is 0.407 e. The van der Waals surface area contributed by atoms with E-state index in [0.717, 1.165) is 5.56 Å². The van der Waals surface area contributed by atoms with E-state index in [-0.39, 0.29) is 139 Å². The van der Waals surface area contributed by atoms with Crippen LogP contribution in [0.25, 0.3) is 0 Å². The Morgan fingerprint density at radius 1 is 0.600 bits per heavy atom. The number of nitrogens with one attached hydrogen (secondary N) is 4. The number of benzene rings is 1. The van der Waals surface area contributed by atoms with Crippen LogP contribution in [0.1, 0.15) is 159 Å². The third-order valence-corrected chi connectivity index (χ3v) is 18.4. The van der Waals surface area contributed by atoms with Crippen molar-refractivity contribution in [3.8, 4) is 0 Å². The van der Waals surface area contributed by atoms with Crippen LogP contribution in [0.3, 0.4) is 0 Å². The summed E-state index contributed by atoms with van der Waals surface area (Å²) in [5.41, 5.74) is 0.761. The Balaban J connectivity index is 0.00000327. The molecule has 34 nitrogen and oxygen atoms in total. The summed E-state index contributed by atoms with van der Waals surface area (Å²) in [6.07, 6.45) is -4.27. The summed E-state index contributed by atoms with van der Waals surface area (Å²) in [5.74, 6) is -6.12. The van der Waals surface area contributed by atoms with Crippen LogP contribution in [0.15, 0.2) is 30.3 Å². The van der Waals surface area contributed by atoms with Crippen molar-refractivity contribution in [1.29, 1.82) is 0 Å². The highest BCUT2D eigenvalue weighted by molar-refractivity contribution is 5.91. The molecule has 0 saturated carbocycles. The minimum absolute atomic E-state index is 0.00100. The van der Waals surface area contributed by atoms with E-state index in [9.17, 15) is 53.1 Å². The topological polar surface area (TPSA) is 440 Å². The fraction of sp³-hybridized carbons (Fsp3) is 0.789. The van der Waals surface area contributed by atoms with Gasteiger partial charge in [0.15, 0.2) is 25.0 Å². The first-order chi connectivity index (χ1) is 52.1. The number of aliphatic carboxylic acids is 1. The zero-order valence-electron chi connectivity index (χ0n) is 68.8. The molecular formula is C76H135N7O27. The molecule has 0 aromatic heterocycles. The smallest absolute Gasteiger partial charge is 0.407 e. The van der Waals surface area contributed by atoms with Gasteiger partial charge in [-0.1, -0.05) is 106 Å². The van der Waals surface area contributed by atoms with Gasteiger partial charge in [-0.05, 0) is 89.8 Å². The van der Waals surface area contributed by atoms with Gasteiger partial charge in [-0.3, -0.25) is 43.3 Å². The molecule has 1 aliphatic rings. The van der Waals surface area contributed by atoms with Crippen LogP contribution in [0, 0.1) is 23.7 Å². The Hall–Kier alpha value is -6.80. The van der Waals surface area contributed by atoms with Crippen LogP contribution >= 0.6 is 0 Å². The fourth-order valence-electron chi connectivity index (χ4n) is 11.8. The van der Waals surface area contributed by atoms with E-state index in [0.29, 0.717) is 45.1 Å². The number of carbonyl (C=O) groups is 10. The first-order valence-corrected chi connectivity index (χ1v) is 38.0. The number of carbonyl (C=O) groups excluding carboxylic acids is 9. The third-order valence-electron chi connectivity index (χ3n) is 18.4. The second-order valence-corrected chi connectivity index (χ2v) is 27.8. The van der Waals surface area contributed by atoms with E-state index in [4.69, 9.17) is 77.3 Å². The highest BCUT2D eigenvalue weighted by Crippen LogP contribution is 2.30. The zero-order chi connectivity index (χ0) is 83.8. The predicted octanol–water partition coefficient (Wildman–Crippen LogP) is 3.50. The number of hydrogen-bond donors (Lipinski definition) is 9. The second kappa shape index (κ2) is 58.1. The molecule has 6 unspecified atom stereocenters. The molecule has 34 heteroatoms. The van der Waals surface area contributed by atoms with E-state index in [2.05, 4.69) is 21.3 Å². The minimum atomic E-state index is -1.33. The molecule has 110 heavy (non-hydrogen) atoms. The summed E-state index contributed by atoms with van der Waals surface area (Å²) in [5, 5.41) is 55.1. The van der Waals surface area contributed by atoms with Gasteiger partial charge in [0.25, 0.3) is 0 Å².